The predicted molar refractivity (Wildman–Crippen MR) is 84.1 cm³/mol. The molecule has 0 saturated carbocycles. The third-order valence-corrected chi connectivity index (χ3v) is 3.69. The minimum atomic E-state index is -1.80. The summed E-state index contributed by atoms with van der Waals surface area (Å²) in [6, 6.07) is 16.2. The molecule has 0 saturated heterocycles. The van der Waals surface area contributed by atoms with Gasteiger partial charge in [0.25, 0.3) is 5.91 Å². The first-order valence-corrected chi connectivity index (χ1v) is 6.99. The molecule has 1 amide bonds. The zero-order chi connectivity index (χ0) is 15.6. The van der Waals surface area contributed by atoms with Crippen molar-refractivity contribution in [2.24, 2.45) is 0 Å². The molecule has 0 aliphatic carbocycles. The molecule has 0 fully saturated rings. The van der Waals surface area contributed by atoms with Gasteiger partial charge in [0.1, 0.15) is 0 Å². The van der Waals surface area contributed by atoms with Crippen molar-refractivity contribution < 1.29 is 14.7 Å². The highest BCUT2D eigenvalue weighted by molar-refractivity contribution is 6.08. The molecule has 1 aliphatic rings. The Morgan fingerprint density at radius 3 is 2.55 bits per heavy atom. The standard InChI is InChI=1S/C18H15NO3/c20-14(11-10-13-6-2-1-3-7-13)12-18(22)15-8-4-5-9-16(15)19-17(18)21/h1-11,22H,12H2,(H,19,21)/b11-10+/t18-/m1/s1. The minimum Gasteiger partial charge on any atom is -0.375 e. The fourth-order valence-electron chi connectivity index (χ4n) is 2.54. The molecule has 0 spiro atoms. The molecular weight excluding hydrogens is 278 g/mol. The summed E-state index contributed by atoms with van der Waals surface area (Å²) >= 11 is 0. The fraction of sp³-hybridized carbons (Fsp3) is 0.111. The summed E-state index contributed by atoms with van der Waals surface area (Å²) in [5.41, 5.74) is 0.0877. The second kappa shape index (κ2) is 5.58. The number of carbonyl (C=O) groups excluding carboxylic acids is 2. The van der Waals surface area contributed by atoms with E-state index in [1.807, 2.05) is 30.3 Å². The van der Waals surface area contributed by atoms with E-state index in [2.05, 4.69) is 5.32 Å². The zero-order valence-corrected chi connectivity index (χ0v) is 11.8. The molecule has 22 heavy (non-hydrogen) atoms. The van der Waals surface area contributed by atoms with Crippen molar-refractivity contribution in [1.29, 1.82) is 0 Å². The van der Waals surface area contributed by atoms with E-state index in [-0.39, 0.29) is 12.2 Å². The Morgan fingerprint density at radius 1 is 1.09 bits per heavy atom. The maximum absolute atomic E-state index is 12.1. The number of amides is 1. The molecule has 2 aromatic rings. The van der Waals surface area contributed by atoms with Gasteiger partial charge in [0, 0.05) is 11.3 Å². The van der Waals surface area contributed by atoms with Crippen molar-refractivity contribution in [2.75, 3.05) is 5.32 Å². The van der Waals surface area contributed by atoms with Gasteiger partial charge in [0.15, 0.2) is 11.4 Å². The number of hydrogen-bond acceptors (Lipinski definition) is 3. The molecule has 110 valence electrons. The van der Waals surface area contributed by atoms with Crippen LogP contribution in [0.3, 0.4) is 0 Å². The Bertz CT molecular complexity index is 752. The van der Waals surface area contributed by atoms with Gasteiger partial charge in [-0.1, -0.05) is 54.6 Å². The Labute approximate surface area is 128 Å². The lowest BCUT2D eigenvalue weighted by Crippen LogP contribution is -2.36. The largest absolute Gasteiger partial charge is 0.375 e. The number of benzene rings is 2. The molecular formula is C18H15NO3. The Morgan fingerprint density at radius 2 is 1.77 bits per heavy atom. The molecule has 0 radical (unpaired) electrons. The van der Waals surface area contributed by atoms with Crippen LogP contribution in [0.4, 0.5) is 5.69 Å². The third-order valence-electron chi connectivity index (χ3n) is 3.69. The summed E-state index contributed by atoms with van der Waals surface area (Å²) in [5.74, 6) is -0.867. The summed E-state index contributed by atoms with van der Waals surface area (Å²) in [6.07, 6.45) is 2.78. The van der Waals surface area contributed by atoms with Crippen LogP contribution in [-0.2, 0) is 15.2 Å². The number of carbonyl (C=O) groups is 2. The van der Waals surface area contributed by atoms with Gasteiger partial charge in [-0.05, 0) is 17.7 Å². The van der Waals surface area contributed by atoms with Gasteiger partial charge in [-0.3, -0.25) is 9.59 Å². The van der Waals surface area contributed by atoms with E-state index >= 15 is 0 Å². The second-order valence-corrected chi connectivity index (χ2v) is 5.25. The van der Waals surface area contributed by atoms with Crippen molar-refractivity contribution in [3.05, 3.63) is 71.8 Å². The predicted octanol–water partition coefficient (Wildman–Crippen LogP) is 2.50. The molecule has 4 nitrogen and oxygen atoms in total. The second-order valence-electron chi connectivity index (χ2n) is 5.25. The highest BCUT2D eigenvalue weighted by Gasteiger charge is 2.46. The zero-order valence-electron chi connectivity index (χ0n) is 11.8. The van der Waals surface area contributed by atoms with Crippen LogP contribution in [0.5, 0.6) is 0 Å². The van der Waals surface area contributed by atoms with Gasteiger partial charge in [0.2, 0.25) is 0 Å². The molecule has 0 unspecified atom stereocenters. The van der Waals surface area contributed by atoms with Crippen molar-refractivity contribution >= 4 is 23.5 Å². The normalized spacial score (nSPS) is 20.0. The molecule has 3 rings (SSSR count). The number of aliphatic hydroxyl groups is 1. The van der Waals surface area contributed by atoms with Gasteiger partial charge < -0.3 is 10.4 Å². The number of rotatable bonds is 4. The lowest BCUT2D eigenvalue weighted by Gasteiger charge is -2.18. The van der Waals surface area contributed by atoms with Crippen molar-refractivity contribution in [3.8, 4) is 0 Å². The minimum absolute atomic E-state index is 0.279. The van der Waals surface area contributed by atoms with Crippen LogP contribution in [0.1, 0.15) is 17.5 Å². The molecule has 4 heteroatoms. The smallest absolute Gasteiger partial charge is 0.261 e. The van der Waals surface area contributed by atoms with Crippen molar-refractivity contribution in [2.45, 2.75) is 12.0 Å². The van der Waals surface area contributed by atoms with Crippen LogP contribution in [-0.4, -0.2) is 16.8 Å². The number of para-hydroxylation sites is 1. The average Bonchev–Trinajstić information content (AvgIpc) is 2.78. The van der Waals surface area contributed by atoms with E-state index in [0.29, 0.717) is 11.3 Å². The van der Waals surface area contributed by atoms with E-state index in [1.165, 1.54) is 6.08 Å². The first-order chi connectivity index (χ1) is 10.6. The third kappa shape index (κ3) is 2.56. The van der Waals surface area contributed by atoms with Gasteiger partial charge >= 0.3 is 0 Å². The Hall–Kier alpha value is -2.72. The van der Waals surface area contributed by atoms with E-state index in [0.717, 1.165) is 5.56 Å². The number of anilines is 1. The summed E-state index contributed by atoms with van der Waals surface area (Å²) in [5, 5.41) is 13.2. The number of hydrogen-bond donors (Lipinski definition) is 2. The molecule has 1 atom stereocenters. The van der Waals surface area contributed by atoms with Crippen LogP contribution in [0.15, 0.2) is 60.7 Å². The highest BCUT2D eigenvalue weighted by atomic mass is 16.3. The Kier molecular flexibility index (Phi) is 3.61. The SMILES string of the molecule is O=C(/C=C/c1ccccc1)C[C@]1(O)C(=O)Nc2ccccc21. The maximum atomic E-state index is 12.1. The molecule has 1 aliphatic heterocycles. The van der Waals surface area contributed by atoms with Gasteiger partial charge in [-0.15, -0.1) is 0 Å². The van der Waals surface area contributed by atoms with Crippen molar-refractivity contribution in [3.63, 3.8) is 0 Å². The Balaban J connectivity index is 1.79. The molecule has 2 N–H and O–H groups in total. The summed E-state index contributed by atoms with van der Waals surface area (Å²) < 4.78 is 0. The van der Waals surface area contributed by atoms with Crippen LogP contribution >= 0.6 is 0 Å². The number of fused-ring (bicyclic) bond motifs is 1. The first kappa shape index (κ1) is 14.2. The van der Waals surface area contributed by atoms with E-state index < -0.39 is 11.5 Å². The number of allylic oxidation sites excluding steroid dienone is 1. The summed E-state index contributed by atoms with van der Waals surface area (Å²) in [4.78, 5) is 24.1. The molecule has 0 bridgehead atoms. The van der Waals surface area contributed by atoms with Crippen LogP contribution < -0.4 is 5.32 Å². The monoisotopic (exact) mass is 293 g/mol. The van der Waals surface area contributed by atoms with Crippen LogP contribution in [0.25, 0.3) is 6.08 Å². The molecule has 0 aromatic heterocycles. The van der Waals surface area contributed by atoms with E-state index in [4.69, 9.17) is 0 Å². The van der Waals surface area contributed by atoms with Crippen LogP contribution in [0.2, 0.25) is 0 Å². The first-order valence-electron chi connectivity index (χ1n) is 6.99. The lowest BCUT2D eigenvalue weighted by molar-refractivity contribution is -0.138. The van der Waals surface area contributed by atoms with Gasteiger partial charge in [0.05, 0.1) is 6.42 Å². The van der Waals surface area contributed by atoms with E-state index in [1.54, 1.807) is 30.3 Å². The van der Waals surface area contributed by atoms with E-state index in [9.17, 15) is 14.7 Å². The molecule has 2 aromatic carbocycles. The number of ketones is 1. The fourth-order valence-corrected chi connectivity index (χ4v) is 2.54. The van der Waals surface area contributed by atoms with Crippen LogP contribution in [0, 0.1) is 0 Å². The summed E-state index contributed by atoms with van der Waals surface area (Å²) in [7, 11) is 0. The van der Waals surface area contributed by atoms with Crippen molar-refractivity contribution in [1.82, 2.24) is 0 Å². The van der Waals surface area contributed by atoms with Gasteiger partial charge in [-0.25, -0.2) is 0 Å². The summed E-state index contributed by atoms with van der Waals surface area (Å²) in [6.45, 7) is 0. The number of nitrogens with one attached hydrogen (secondary N) is 1. The van der Waals surface area contributed by atoms with Gasteiger partial charge in [-0.2, -0.15) is 0 Å². The lowest BCUT2D eigenvalue weighted by atomic mass is 9.90. The quantitative estimate of drug-likeness (QED) is 0.851. The maximum Gasteiger partial charge on any atom is 0.261 e. The molecule has 1 heterocycles. The average molecular weight is 293 g/mol. The highest BCUT2D eigenvalue weighted by Crippen LogP contribution is 2.38. The topological polar surface area (TPSA) is 66.4 Å².